The number of carboxylic acids is 1. The summed E-state index contributed by atoms with van der Waals surface area (Å²) in [4.78, 5) is 21.6. The van der Waals surface area contributed by atoms with Crippen LogP contribution in [0.1, 0.15) is 22.3 Å². The van der Waals surface area contributed by atoms with Crippen LogP contribution in [0.5, 0.6) is 0 Å². The van der Waals surface area contributed by atoms with E-state index in [-0.39, 0.29) is 16.1 Å². The minimum atomic E-state index is -1.31. The molecule has 0 aliphatic rings. The predicted molar refractivity (Wildman–Crippen MR) is 52.7 cm³/mol. The third-order valence-electron chi connectivity index (χ3n) is 1.87. The lowest BCUT2D eigenvalue weighted by Gasteiger charge is -2.05. The largest absolute Gasteiger partial charge is 0.481 e. The fourth-order valence-corrected chi connectivity index (χ4v) is 1.39. The molecule has 0 saturated heterocycles. The molecule has 0 aliphatic heterocycles. The zero-order valence-corrected chi connectivity index (χ0v) is 8.64. The molecule has 1 aromatic carbocycles. The van der Waals surface area contributed by atoms with Crippen molar-refractivity contribution in [1.29, 1.82) is 0 Å². The first kappa shape index (κ1) is 11.7. The molecule has 1 rings (SSSR count). The topological polar surface area (TPSA) is 54.4 Å². The summed E-state index contributed by atoms with van der Waals surface area (Å²) in [5.41, 5.74) is -0.0906. The third kappa shape index (κ3) is 2.53. The summed E-state index contributed by atoms with van der Waals surface area (Å²) in [7, 11) is 0. The molecule has 0 aromatic heterocycles. The van der Waals surface area contributed by atoms with E-state index in [0.717, 1.165) is 0 Å². The van der Waals surface area contributed by atoms with E-state index >= 15 is 0 Å². The maximum absolute atomic E-state index is 13.5. The van der Waals surface area contributed by atoms with Gasteiger partial charge < -0.3 is 5.11 Å². The Kier molecular flexibility index (Phi) is 3.42. The highest BCUT2D eigenvalue weighted by Crippen LogP contribution is 2.23. The molecule has 1 aromatic rings. The molecule has 0 unspecified atom stereocenters. The lowest BCUT2D eigenvalue weighted by atomic mass is 10.0. The van der Waals surface area contributed by atoms with Crippen LogP contribution in [0.15, 0.2) is 12.1 Å². The van der Waals surface area contributed by atoms with Crippen LogP contribution >= 0.6 is 11.6 Å². The van der Waals surface area contributed by atoms with Crippen LogP contribution in [-0.4, -0.2) is 16.9 Å². The minimum Gasteiger partial charge on any atom is -0.481 e. The first-order valence-electron chi connectivity index (χ1n) is 4.13. The second kappa shape index (κ2) is 4.40. The Labute approximate surface area is 90.5 Å². The Morgan fingerprint density at radius 1 is 1.47 bits per heavy atom. The van der Waals surface area contributed by atoms with Crippen molar-refractivity contribution in [2.24, 2.45) is 0 Å². The van der Waals surface area contributed by atoms with Crippen molar-refractivity contribution < 1.29 is 19.1 Å². The zero-order valence-electron chi connectivity index (χ0n) is 7.88. The smallest absolute Gasteiger partial charge is 0.311 e. The van der Waals surface area contributed by atoms with Gasteiger partial charge in [0.1, 0.15) is 12.2 Å². The second-order valence-corrected chi connectivity index (χ2v) is 3.45. The standard InChI is InChI=1S/C10H8ClFO3/c1-5-2-3-6(11)9(10(5)12)7(13)4-8(14)15/h2-3H,4H2,1H3,(H,14,15). The van der Waals surface area contributed by atoms with Gasteiger partial charge in [0.25, 0.3) is 0 Å². The number of ketones is 1. The minimum absolute atomic E-state index is 0.0654. The van der Waals surface area contributed by atoms with E-state index in [4.69, 9.17) is 16.7 Å². The molecule has 0 saturated carbocycles. The predicted octanol–water partition coefficient (Wildman–Crippen LogP) is 2.44. The fourth-order valence-electron chi connectivity index (χ4n) is 1.14. The zero-order chi connectivity index (χ0) is 11.6. The molecule has 0 radical (unpaired) electrons. The number of carbonyl (C=O) groups excluding carboxylic acids is 1. The van der Waals surface area contributed by atoms with Crippen LogP contribution in [-0.2, 0) is 4.79 Å². The molecular formula is C10H8ClFO3. The van der Waals surface area contributed by atoms with E-state index in [9.17, 15) is 14.0 Å². The lowest BCUT2D eigenvalue weighted by Crippen LogP contribution is -2.10. The van der Waals surface area contributed by atoms with Gasteiger partial charge in [-0.05, 0) is 18.6 Å². The average molecular weight is 231 g/mol. The summed E-state index contributed by atoms with van der Waals surface area (Å²) in [6, 6.07) is 2.80. The molecule has 15 heavy (non-hydrogen) atoms. The maximum Gasteiger partial charge on any atom is 0.311 e. The number of aliphatic carboxylic acids is 1. The summed E-state index contributed by atoms with van der Waals surface area (Å²) in [6.07, 6.45) is -0.764. The first-order valence-corrected chi connectivity index (χ1v) is 4.51. The molecule has 0 aliphatic carbocycles. The van der Waals surface area contributed by atoms with E-state index in [1.807, 2.05) is 0 Å². The number of carbonyl (C=O) groups is 2. The van der Waals surface area contributed by atoms with Crippen molar-refractivity contribution >= 4 is 23.4 Å². The Morgan fingerprint density at radius 2 is 2.07 bits per heavy atom. The summed E-state index contributed by atoms with van der Waals surface area (Å²) in [5, 5.41) is 8.34. The van der Waals surface area contributed by atoms with Gasteiger partial charge in [0, 0.05) is 0 Å². The van der Waals surface area contributed by atoms with Gasteiger partial charge in [0.2, 0.25) is 0 Å². The van der Waals surface area contributed by atoms with Crippen LogP contribution in [0, 0.1) is 12.7 Å². The molecule has 0 amide bonds. The average Bonchev–Trinajstić information content (AvgIpc) is 2.11. The summed E-state index contributed by atoms with van der Waals surface area (Å²) < 4.78 is 13.5. The van der Waals surface area contributed by atoms with Gasteiger partial charge >= 0.3 is 5.97 Å². The maximum atomic E-state index is 13.5. The van der Waals surface area contributed by atoms with E-state index < -0.39 is 24.0 Å². The van der Waals surface area contributed by atoms with Crippen molar-refractivity contribution in [2.75, 3.05) is 0 Å². The number of Topliss-reactive ketones (excluding diaryl/α,β-unsaturated/α-hetero) is 1. The summed E-state index contributed by atoms with van der Waals surface area (Å²) in [5.74, 6) is -2.89. The van der Waals surface area contributed by atoms with Crippen LogP contribution in [0.2, 0.25) is 5.02 Å². The van der Waals surface area contributed by atoms with Gasteiger partial charge in [-0.15, -0.1) is 0 Å². The van der Waals surface area contributed by atoms with Gasteiger partial charge in [-0.1, -0.05) is 17.7 Å². The lowest BCUT2D eigenvalue weighted by molar-refractivity contribution is -0.135. The number of hydrogen-bond donors (Lipinski definition) is 1. The number of halogens is 2. The van der Waals surface area contributed by atoms with Gasteiger partial charge in [-0.2, -0.15) is 0 Å². The number of rotatable bonds is 3. The highest BCUT2D eigenvalue weighted by Gasteiger charge is 2.19. The van der Waals surface area contributed by atoms with Gasteiger partial charge in [0.05, 0.1) is 10.6 Å². The highest BCUT2D eigenvalue weighted by atomic mass is 35.5. The Morgan fingerprint density at radius 3 is 2.60 bits per heavy atom. The molecule has 0 spiro atoms. The van der Waals surface area contributed by atoms with Crippen LogP contribution < -0.4 is 0 Å². The van der Waals surface area contributed by atoms with Crippen LogP contribution in [0.4, 0.5) is 4.39 Å². The van der Waals surface area contributed by atoms with Gasteiger partial charge in [-0.3, -0.25) is 9.59 Å². The van der Waals surface area contributed by atoms with Gasteiger partial charge in [0.15, 0.2) is 5.78 Å². The highest BCUT2D eigenvalue weighted by molar-refractivity contribution is 6.34. The first-order chi connectivity index (χ1) is 6.93. The molecule has 0 fully saturated rings. The molecule has 0 atom stereocenters. The summed E-state index contributed by atoms with van der Waals surface area (Å²) >= 11 is 5.63. The Bertz CT molecular complexity index is 429. The van der Waals surface area contributed by atoms with Gasteiger partial charge in [-0.25, -0.2) is 4.39 Å². The Balaban J connectivity index is 3.18. The quantitative estimate of drug-likeness (QED) is 0.641. The molecule has 0 bridgehead atoms. The van der Waals surface area contributed by atoms with Crippen molar-refractivity contribution in [1.82, 2.24) is 0 Å². The van der Waals surface area contributed by atoms with E-state index in [2.05, 4.69) is 0 Å². The van der Waals surface area contributed by atoms with Crippen molar-refractivity contribution in [3.63, 3.8) is 0 Å². The molecular weight excluding hydrogens is 223 g/mol. The van der Waals surface area contributed by atoms with E-state index in [0.29, 0.717) is 0 Å². The molecule has 3 nitrogen and oxygen atoms in total. The fraction of sp³-hybridized carbons (Fsp3) is 0.200. The number of carboxylic acid groups (broad SMARTS) is 1. The Hall–Kier alpha value is -1.42. The van der Waals surface area contributed by atoms with Crippen molar-refractivity contribution in [3.8, 4) is 0 Å². The van der Waals surface area contributed by atoms with E-state index in [1.165, 1.54) is 19.1 Å². The third-order valence-corrected chi connectivity index (χ3v) is 2.19. The molecule has 1 N–H and O–H groups in total. The summed E-state index contributed by atoms with van der Waals surface area (Å²) in [6.45, 7) is 1.48. The monoisotopic (exact) mass is 230 g/mol. The molecule has 0 heterocycles. The van der Waals surface area contributed by atoms with Crippen molar-refractivity contribution in [3.05, 3.63) is 34.1 Å². The molecule has 80 valence electrons. The van der Waals surface area contributed by atoms with E-state index in [1.54, 1.807) is 0 Å². The normalized spacial score (nSPS) is 10.1. The number of hydrogen-bond acceptors (Lipinski definition) is 2. The van der Waals surface area contributed by atoms with Crippen LogP contribution in [0.3, 0.4) is 0 Å². The molecule has 5 heteroatoms. The SMILES string of the molecule is Cc1ccc(Cl)c(C(=O)CC(=O)O)c1F. The number of aryl methyl sites for hydroxylation is 1. The second-order valence-electron chi connectivity index (χ2n) is 3.05. The van der Waals surface area contributed by atoms with Crippen molar-refractivity contribution in [2.45, 2.75) is 13.3 Å². The van der Waals surface area contributed by atoms with Crippen LogP contribution in [0.25, 0.3) is 0 Å². The number of benzene rings is 1.